The number of amides is 2. The number of carbonyl (C=O) groups excluding carboxylic acids is 6. The Kier molecular flexibility index (Phi) is 29.7. The van der Waals surface area contributed by atoms with Crippen molar-refractivity contribution in [1.82, 2.24) is 14.7 Å². The van der Waals surface area contributed by atoms with Gasteiger partial charge in [0.2, 0.25) is 11.8 Å². The molecule has 0 spiro atoms. The fourth-order valence-corrected chi connectivity index (χ4v) is 7.83. The van der Waals surface area contributed by atoms with Crippen LogP contribution in [0.3, 0.4) is 0 Å². The molecule has 4 N–H and O–H groups in total. The van der Waals surface area contributed by atoms with E-state index in [1.54, 1.807) is 179 Å². The summed E-state index contributed by atoms with van der Waals surface area (Å²) in [6, 6.07) is 42.0. The molecule has 0 aromatic heterocycles. The number of likely N-dealkylation sites (tertiary alicyclic amines) is 1. The molecule has 0 radical (unpaired) electrons. The number of aliphatic carboxylic acids is 1. The van der Waals surface area contributed by atoms with Gasteiger partial charge in [-0.15, -0.1) is 0 Å². The van der Waals surface area contributed by atoms with Gasteiger partial charge in [0.1, 0.15) is 24.4 Å². The van der Waals surface area contributed by atoms with E-state index >= 15 is 0 Å². The van der Waals surface area contributed by atoms with Gasteiger partial charge >= 0.3 is 35.8 Å². The fourth-order valence-electron chi connectivity index (χ4n) is 7.83. The minimum Gasteiger partial charge on any atom is -0.481 e. The highest BCUT2D eigenvalue weighted by Crippen LogP contribution is 2.15. The van der Waals surface area contributed by atoms with E-state index in [1.807, 2.05) is 18.9 Å². The number of benzene rings is 5. The average molecular weight is 1110 g/mol. The highest BCUT2D eigenvalue weighted by Gasteiger charge is 2.28. The summed E-state index contributed by atoms with van der Waals surface area (Å²) < 4.78 is 22.5. The van der Waals surface area contributed by atoms with E-state index in [1.165, 1.54) is 9.80 Å². The number of hydrogen-bond acceptors (Lipinski definition) is 15. The number of hydrogen-bond donors (Lipinski definition) is 4. The number of nitrogens with zero attached hydrogens (tertiary/aromatic N) is 3. The van der Waals surface area contributed by atoms with E-state index in [0.717, 1.165) is 6.42 Å². The Labute approximate surface area is 467 Å². The Hall–Kier alpha value is -8.26. The quantitative estimate of drug-likeness (QED) is 0.0382. The van der Waals surface area contributed by atoms with Crippen LogP contribution >= 0.6 is 0 Å². The van der Waals surface area contributed by atoms with Gasteiger partial charge < -0.3 is 54.1 Å². The third-order valence-electron chi connectivity index (χ3n) is 11.5. The van der Waals surface area contributed by atoms with Gasteiger partial charge in [-0.05, 0) is 102 Å². The second kappa shape index (κ2) is 36.0. The molecule has 1 aliphatic heterocycles. The predicted molar refractivity (Wildman–Crippen MR) is 298 cm³/mol. The van der Waals surface area contributed by atoms with Gasteiger partial charge in [0.05, 0.1) is 66.2 Å². The molecule has 6 rings (SSSR count). The van der Waals surface area contributed by atoms with Gasteiger partial charge in [-0.1, -0.05) is 97.9 Å². The first-order valence-electron chi connectivity index (χ1n) is 26.3. The zero-order valence-electron chi connectivity index (χ0n) is 46.2. The number of β-amino-alcohol motifs (C(OH)–C–C–N with tert-alkyl or cyclic N) is 2. The molecule has 6 unspecified atom stereocenters. The number of piperidine rings is 1. The van der Waals surface area contributed by atoms with Crippen LogP contribution in [0.4, 0.5) is 0 Å². The summed E-state index contributed by atoms with van der Waals surface area (Å²) in [4.78, 5) is 103. The minimum atomic E-state index is -0.879. The van der Waals surface area contributed by atoms with Crippen LogP contribution in [-0.2, 0) is 33.3 Å². The number of carbonyl (C=O) groups is 8. The highest BCUT2D eigenvalue weighted by molar-refractivity contribution is 5.91. The topological polar surface area (TPSA) is 264 Å². The fraction of sp³-hybridized carbons (Fsp3) is 0.377. The van der Waals surface area contributed by atoms with E-state index in [4.69, 9.17) is 39.4 Å². The molecule has 19 nitrogen and oxygen atoms in total. The molecule has 6 atom stereocenters. The molecule has 0 bridgehead atoms. The number of aromatic carboxylic acids is 1. The minimum absolute atomic E-state index is 0.0402. The Balaban J connectivity index is 0.000000570. The van der Waals surface area contributed by atoms with Crippen LogP contribution in [0, 0.1) is 0 Å². The molecule has 1 aliphatic rings. The summed E-state index contributed by atoms with van der Waals surface area (Å²) in [7, 11) is 1.89. The number of likely N-dealkylation sites (N-methyl/N-ethyl adjacent to an activating group) is 1. The van der Waals surface area contributed by atoms with Crippen LogP contribution in [0.2, 0.25) is 0 Å². The lowest BCUT2D eigenvalue weighted by Gasteiger charge is -2.30. The molecule has 1 saturated heterocycles. The lowest BCUT2D eigenvalue weighted by Crippen LogP contribution is -2.45. The Bertz CT molecular complexity index is 2380. The lowest BCUT2D eigenvalue weighted by molar-refractivity contribution is -0.139. The Morgan fingerprint density at radius 3 is 0.887 bits per heavy atom. The van der Waals surface area contributed by atoms with Crippen molar-refractivity contribution >= 4 is 47.6 Å². The smallest absolute Gasteiger partial charge is 0.338 e. The van der Waals surface area contributed by atoms with E-state index in [9.17, 15) is 38.4 Å². The van der Waals surface area contributed by atoms with E-state index in [-0.39, 0.29) is 51.2 Å². The molecule has 1 fully saturated rings. The number of carboxylic acids is 2. The first-order chi connectivity index (χ1) is 38.1. The molecule has 0 saturated carbocycles. The normalized spacial score (nSPS) is 15.0. The maximum atomic E-state index is 13.8. The average Bonchev–Trinajstić information content (AvgIpc) is 3.43. The van der Waals surface area contributed by atoms with Crippen LogP contribution in [-0.4, -0.2) is 166 Å². The second-order valence-electron chi connectivity index (χ2n) is 19.0. The zero-order valence-corrected chi connectivity index (χ0v) is 46.2. The van der Waals surface area contributed by atoms with Gasteiger partial charge in [0, 0.05) is 38.8 Å². The number of esters is 4. The maximum absolute atomic E-state index is 13.8. The molecule has 2 amide bonds. The molecular weight excluding hydrogens is 1030 g/mol. The number of rotatable bonds is 22. The summed E-state index contributed by atoms with van der Waals surface area (Å²) in [5.74, 6) is -4.75. The molecule has 5 aromatic rings. The molecular formula is C61H75N3O16. The van der Waals surface area contributed by atoms with Crippen molar-refractivity contribution in [3.63, 3.8) is 0 Å². The zero-order chi connectivity index (χ0) is 59.0. The summed E-state index contributed by atoms with van der Waals surface area (Å²) in [5.41, 5.74) is 1.72. The number of ether oxygens (including phenoxy) is 4. The maximum Gasteiger partial charge on any atom is 0.338 e. The molecule has 80 heavy (non-hydrogen) atoms. The van der Waals surface area contributed by atoms with Crippen molar-refractivity contribution in [3.8, 4) is 0 Å². The van der Waals surface area contributed by atoms with Crippen LogP contribution in [0.25, 0.3) is 0 Å². The van der Waals surface area contributed by atoms with Crippen molar-refractivity contribution in [2.75, 3.05) is 46.3 Å². The first-order valence-corrected chi connectivity index (χ1v) is 26.3. The first kappa shape index (κ1) is 66.0. The van der Waals surface area contributed by atoms with Crippen molar-refractivity contribution in [1.29, 1.82) is 0 Å². The molecule has 1 heterocycles. The molecule has 5 aromatic carbocycles. The lowest BCUT2D eigenvalue weighted by atomic mass is 10.1. The van der Waals surface area contributed by atoms with Gasteiger partial charge in [0.15, 0.2) is 0 Å². The largest absolute Gasteiger partial charge is 0.481 e. The molecule has 430 valence electrons. The van der Waals surface area contributed by atoms with Crippen LogP contribution in [0.1, 0.15) is 119 Å². The second-order valence-corrected chi connectivity index (χ2v) is 19.0. The standard InChI is InChI=1S/C44H48N2O10.C7H6O2.C6H13NO2.C4H8O2/c1-31(53-41(49)35-17-9-5-10-18-35)27-45(28-32(2)54-42(50)36-19-11-6-12-20-36)39(47)25-26-40(48)46(29-33(3)55-43(51)37-21-13-7-14-22-37)30-34(4)56-44(52)38-23-15-8-16-24-38;8-7(9)6-4-2-1-3-5-6;1-7-3-5(8)2-6(9)4-7;1-2-3-4(5)6/h5-24,31-34H,25-30H2,1-4H3;1-5H,(H,8,9);5-6,8-9H,2-4H2,1H3;2-3H2,1H3,(H,5,6). The van der Waals surface area contributed by atoms with E-state index in [0.29, 0.717) is 53.7 Å². The Morgan fingerprint density at radius 2 is 0.700 bits per heavy atom. The highest BCUT2D eigenvalue weighted by atomic mass is 16.6. The Morgan fingerprint density at radius 1 is 0.450 bits per heavy atom. The van der Waals surface area contributed by atoms with Crippen LogP contribution in [0.15, 0.2) is 152 Å². The number of aliphatic hydroxyl groups excluding tert-OH is 2. The third-order valence-corrected chi connectivity index (χ3v) is 11.5. The van der Waals surface area contributed by atoms with Gasteiger partial charge in [-0.25, -0.2) is 24.0 Å². The summed E-state index contributed by atoms with van der Waals surface area (Å²) in [6.45, 7) is 9.64. The van der Waals surface area contributed by atoms with Crippen molar-refractivity contribution in [2.45, 2.75) is 103 Å². The monoisotopic (exact) mass is 1110 g/mol. The third kappa shape index (κ3) is 26.4. The van der Waals surface area contributed by atoms with Crippen molar-refractivity contribution in [3.05, 3.63) is 179 Å². The predicted octanol–water partition coefficient (Wildman–Crippen LogP) is 7.71. The van der Waals surface area contributed by atoms with Crippen molar-refractivity contribution < 1.29 is 77.7 Å². The van der Waals surface area contributed by atoms with Crippen LogP contribution < -0.4 is 0 Å². The van der Waals surface area contributed by atoms with Crippen LogP contribution in [0.5, 0.6) is 0 Å². The SMILES string of the molecule is CC(CN(CC(C)OC(=O)c1ccccc1)C(=O)CCC(=O)N(CC(C)OC(=O)c1ccccc1)CC(C)OC(=O)c1ccccc1)OC(=O)c1ccccc1.CCCC(=O)O.CN1CC(O)CC(O)C1.O=C(O)c1ccccc1. The summed E-state index contributed by atoms with van der Waals surface area (Å²) in [5, 5.41) is 34.4. The van der Waals surface area contributed by atoms with E-state index in [2.05, 4.69) is 0 Å². The van der Waals surface area contributed by atoms with Gasteiger partial charge in [-0.3, -0.25) is 14.4 Å². The number of carboxylic acid groups (broad SMARTS) is 2. The molecule has 19 heteroatoms. The van der Waals surface area contributed by atoms with Gasteiger partial charge in [-0.2, -0.15) is 0 Å². The summed E-state index contributed by atoms with van der Waals surface area (Å²) in [6.07, 6.45) is -2.62. The van der Waals surface area contributed by atoms with Gasteiger partial charge in [0.25, 0.3) is 0 Å². The van der Waals surface area contributed by atoms with Crippen molar-refractivity contribution in [2.24, 2.45) is 0 Å². The number of aliphatic hydroxyl groups is 2. The molecule has 0 aliphatic carbocycles. The summed E-state index contributed by atoms with van der Waals surface area (Å²) >= 11 is 0. The van der Waals surface area contributed by atoms with E-state index < -0.39 is 72.0 Å².